The third-order valence-corrected chi connectivity index (χ3v) is 5.53. The van der Waals surface area contributed by atoms with E-state index in [0.717, 1.165) is 17.3 Å². The number of aliphatic hydroxyl groups is 2. The summed E-state index contributed by atoms with van der Waals surface area (Å²) in [5.74, 6) is 0.393. The molecule has 0 saturated carbocycles. The second-order valence-electron chi connectivity index (χ2n) is 6.12. The first-order valence-corrected chi connectivity index (χ1v) is 10.8. The van der Waals surface area contributed by atoms with Crippen molar-refractivity contribution in [2.24, 2.45) is 0 Å². The Labute approximate surface area is 167 Å². The van der Waals surface area contributed by atoms with Crippen LogP contribution in [0.15, 0.2) is 44.9 Å². The normalized spacial score (nSPS) is 24.7. The number of H-pyrrole nitrogens is 1. The van der Waals surface area contributed by atoms with Gasteiger partial charge in [0, 0.05) is 5.75 Å². The third kappa shape index (κ3) is 5.41. The molecule has 2 heterocycles. The Morgan fingerprint density at radius 3 is 2.55 bits per heavy atom. The maximum Gasteiger partial charge on any atom is 0.469 e. The van der Waals surface area contributed by atoms with Gasteiger partial charge in [-0.2, -0.15) is 9.78 Å². The molecular weight excluding hydrogens is 429 g/mol. The number of phosphoric acid groups is 1. The number of aliphatic hydroxyl groups excluding tert-OH is 2. The molecule has 0 amide bonds. The van der Waals surface area contributed by atoms with Crippen molar-refractivity contribution >= 4 is 19.6 Å². The van der Waals surface area contributed by atoms with Crippen molar-refractivity contribution in [3.8, 4) is 0 Å². The molecule has 4 unspecified atom stereocenters. The minimum atomic E-state index is -4.83. The molecule has 2 aromatic rings. The molecule has 1 aromatic heterocycles. The quantitative estimate of drug-likeness (QED) is 0.258. The second-order valence-corrected chi connectivity index (χ2v) is 8.32. The molecule has 29 heavy (non-hydrogen) atoms. The molecule has 1 saturated heterocycles. The largest absolute Gasteiger partial charge is 0.469 e. The lowest BCUT2D eigenvalue weighted by molar-refractivity contribution is -0.0619. The molecule has 14 heteroatoms. The number of ether oxygens (including phenoxy) is 1. The molecule has 0 aliphatic carbocycles. The monoisotopic (exact) mass is 447 g/mol. The molecule has 0 bridgehead atoms. The average molecular weight is 447 g/mol. The van der Waals surface area contributed by atoms with Gasteiger partial charge in [-0.25, -0.2) is 9.36 Å². The first-order valence-electron chi connectivity index (χ1n) is 8.27. The van der Waals surface area contributed by atoms with E-state index < -0.39 is 50.2 Å². The average Bonchev–Trinajstić information content (AvgIpc) is 2.94. The minimum Gasteiger partial charge on any atom is -0.387 e. The van der Waals surface area contributed by atoms with Crippen LogP contribution < -0.4 is 11.2 Å². The van der Waals surface area contributed by atoms with E-state index in [2.05, 4.69) is 14.6 Å². The van der Waals surface area contributed by atoms with Crippen LogP contribution in [0.25, 0.3) is 0 Å². The van der Waals surface area contributed by atoms with Crippen molar-refractivity contribution < 1.29 is 33.8 Å². The predicted molar refractivity (Wildman–Crippen MR) is 99.0 cm³/mol. The van der Waals surface area contributed by atoms with Crippen LogP contribution in [-0.4, -0.2) is 59.7 Å². The van der Waals surface area contributed by atoms with Crippen LogP contribution in [0.3, 0.4) is 0 Å². The van der Waals surface area contributed by atoms with E-state index in [9.17, 15) is 24.4 Å². The number of aromatic nitrogens is 3. The Balaban J connectivity index is 1.80. The maximum atomic E-state index is 12.1. The van der Waals surface area contributed by atoms with E-state index >= 15 is 0 Å². The number of thioether (sulfide) groups is 1. The SMILES string of the molecule is O=c1[nH]c(=O)n(C2OC(COP(=O)(O)O)C(O)C2O)nc1SCc1ccccc1. The van der Waals surface area contributed by atoms with Gasteiger partial charge in [0.1, 0.15) is 18.3 Å². The van der Waals surface area contributed by atoms with Gasteiger partial charge in [-0.1, -0.05) is 42.1 Å². The minimum absolute atomic E-state index is 0.0614. The molecule has 0 radical (unpaired) electrons. The Morgan fingerprint density at radius 1 is 1.21 bits per heavy atom. The number of nitrogens with one attached hydrogen (secondary N) is 1. The van der Waals surface area contributed by atoms with Crippen molar-refractivity contribution in [1.82, 2.24) is 14.8 Å². The van der Waals surface area contributed by atoms with E-state index in [1.165, 1.54) is 0 Å². The molecule has 1 aromatic carbocycles. The van der Waals surface area contributed by atoms with E-state index in [1.54, 1.807) is 0 Å². The summed E-state index contributed by atoms with van der Waals surface area (Å²) >= 11 is 1.06. The lowest BCUT2D eigenvalue weighted by Gasteiger charge is -2.16. The molecule has 4 atom stereocenters. The number of phosphoric ester groups is 1. The summed E-state index contributed by atoms with van der Waals surface area (Å²) in [5, 5.41) is 24.1. The first-order chi connectivity index (χ1) is 13.7. The van der Waals surface area contributed by atoms with Crippen LogP contribution in [0.5, 0.6) is 0 Å². The Hall–Kier alpha value is -1.83. The van der Waals surface area contributed by atoms with Gasteiger partial charge in [0.25, 0.3) is 5.56 Å². The number of hydrogen-bond acceptors (Lipinski definition) is 9. The smallest absolute Gasteiger partial charge is 0.387 e. The number of nitrogens with zero attached hydrogens (tertiary/aromatic N) is 2. The topological polar surface area (TPSA) is 184 Å². The van der Waals surface area contributed by atoms with Crippen molar-refractivity contribution in [3.05, 3.63) is 56.7 Å². The fourth-order valence-corrected chi connectivity index (χ4v) is 3.79. The Bertz CT molecular complexity index is 1010. The zero-order valence-electron chi connectivity index (χ0n) is 14.7. The number of aromatic amines is 1. The van der Waals surface area contributed by atoms with Gasteiger partial charge in [0.2, 0.25) is 0 Å². The second kappa shape index (κ2) is 8.90. The first kappa shape index (κ1) is 21.9. The van der Waals surface area contributed by atoms with Crippen molar-refractivity contribution in [3.63, 3.8) is 0 Å². The summed E-state index contributed by atoms with van der Waals surface area (Å²) in [4.78, 5) is 43.8. The van der Waals surface area contributed by atoms with Crippen LogP contribution in [0.1, 0.15) is 11.8 Å². The van der Waals surface area contributed by atoms with E-state index in [-0.39, 0.29) is 5.03 Å². The van der Waals surface area contributed by atoms with Crippen LogP contribution >= 0.6 is 19.6 Å². The lowest BCUT2D eigenvalue weighted by Crippen LogP contribution is -2.40. The fraction of sp³-hybridized carbons (Fsp3) is 0.400. The third-order valence-electron chi connectivity index (χ3n) is 4.02. The summed E-state index contributed by atoms with van der Waals surface area (Å²) < 4.78 is 21.1. The molecule has 5 N–H and O–H groups in total. The Morgan fingerprint density at radius 2 is 1.90 bits per heavy atom. The van der Waals surface area contributed by atoms with Gasteiger partial charge >= 0.3 is 13.5 Å². The molecule has 158 valence electrons. The molecule has 12 nitrogen and oxygen atoms in total. The number of hydrogen-bond donors (Lipinski definition) is 5. The summed E-state index contributed by atoms with van der Waals surface area (Å²) in [6.07, 6.45) is -6.07. The maximum absolute atomic E-state index is 12.1. The summed E-state index contributed by atoms with van der Waals surface area (Å²) in [7, 11) is -4.83. The van der Waals surface area contributed by atoms with E-state index in [4.69, 9.17) is 14.5 Å². The van der Waals surface area contributed by atoms with Crippen molar-refractivity contribution in [2.45, 2.75) is 35.3 Å². The van der Waals surface area contributed by atoms with Crippen molar-refractivity contribution in [2.75, 3.05) is 6.61 Å². The highest BCUT2D eigenvalue weighted by atomic mass is 32.2. The van der Waals surface area contributed by atoms with Crippen LogP contribution in [0, 0.1) is 0 Å². The highest BCUT2D eigenvalue weighted by molar-refractivity contribution is 7.98. The van der Waals surface area contributed by atoms with Crippen LogP contribution in [-0.2, 0) is 19.6 Å². The molecule has 0 spiro atoms. The van der Waals surface area contributed by atoms with Gasteiger partial charge in [-0.3, -0.25) is 14.3 Å². The number of benzene rings is 1. The molecule has 1 aliphatic rings. The lowest BCUT2D eigenvalue weighted by atomic mass is 10.1. The van der Waals surface area contributed by atoms with E-state index in [1.807, 2.05) is 30.3 Å². The van der Waals surface area contributed by atoms with Crippen LogP contribution in [0.4, 0.5) is 0 Å². The molecule has 1 aliphatic heterocycles. The summed E-state index contributed by atoms with van der Waals surface area (Å²) in [6, 6.07) is 9.21. The van der Waals surface area contributed by atoms with Gasteiger partial charge in [-0.15, -0.1) is 0 Å². The highest BCUT2D eigenvalue weighted by Crippen LogP contribution is 2.38. The van der Waals surface area contributed by atoms with Crippen molar-refractivity contribution in [1.29, 1.82) is 0 Å². The van der Waals surface area contributed by atoms with E-state index in [0.29, 0.717) is 10.4 Å². The molecule has 3 rings (SSSR count). The molecule has 1 fully saturated rings. The summed E-state index contributed by atoms with van der Waals surface area (Å²) in [6.45, 7) is -0.729. The standard InChI is InChI=1S/C15H18N3O9PS/c19-10-9(6-26-28(23,24)25)27-14(11(10)20)18-15(22)16-12(21)13(17-18)29-7-8-4-2-1-3-5-8/h1-5,9-11,14,19-20H,6-7H2,(H,16,21,22)(H2,23,24,25). The fourth-order valence-electron chi connectivity index (χ4n) is 2.63. The Kier molecular flexibility index (Phi) is 6.71. The summed E-state index contributed by atoms with van der Waals surface area (Å²) in [5.41, 5.74) is -0.785. The molecular formula is C15H18N3O9PS. The predicted octanol–water partition coefficient (Wildman–Crippen LogP) is -1.05. The zero-order valence-corrected chi connectivity index (χ0v) is 16.4. The van der Waals surface area contributed by atoms with Crippen LogP contribution in [0.2, 0.25) is 0 Å². The highest BCUT2D eigenvalue weighted by Gasteiger charge is 2.45. The zero-order chi connectivity index (χ0) is 21.2. The number of rotatable bonds is 7. The van der Waals surface area contributed by atoms with Gasteiger partial charge in [0.15, 0.2) is 11.3 Å². The van der Waals surface area contributed by atoms with Gasteiger partial charge in [0.05, 0.1) is 6.61 Å². The van der Waals surface area contributed by atoms with Gasteiger partial charge in [-0.05, 0) is 5.56 Å². The van der Waals surface area contributed by atoms with Gasteiger partial charge < -0.3 is 24.7 Å².